The summed E-state index contributed by atoms with van der Waals surface area (Å²) in [7, 11) is -0.762. The molecule has 1 fully saturated rings. The van der Waals surface area contributed by atoms with Gasteiger partial charge >= 0.3 is 7.12 Å². The second-order valence-corrected chi connectivity index (χ2v) is 14.3. The Morgan fingerprint density at radius 2 is 1.13 bits per heavy atom. The lowest BCUT2D eigenvalue weighted by Gasteiger charge is -2.32. The van der Waals surface area contributed by atoms with E-state index in [2.05, 4.69) is 19.9 Å². The molecule has 0 bridgehead atoms. The van der Waals surface area contributed by atoms with E-state index in [0.717, 1.165) is 41.9 Å². The molecule has 240 valence electrons. The smallest absolute Gasteiger partial charge is 0.399 e. The molecule has 0 radical (unpaired) electrons. The molecule has 1 saturated heterocycles. The van der Waals surface area contributed by atoms with E-state index in [1.807, 2.05) is 59.9 Å². The van der Waals surface area contributed by atoms with E-state index in [-0.39, 0.29) is 25.7 Å². The molecule has 1 aliphatic heterocycles. The van der Waals surface area contributed by atoms with Gasteiger partial charge < -0.3 is 9.31 Å². The molecule has 0 N–H and O–H groups in total. The van der Waals surface area contributed by atoms with Crippen molar-refractivity contribution in [2.24, 2.45) is 0 Å². The van der Waals surface area contributed by atoms with Gasteiger partial charge in [0.15, 0.2) is 0 Å². The van der Waals surface area contributed by atoms with Crippen molar-refractivity contribution in [2.45, 2.75) is 67.6 Å². The Labute approximate surface area is 282 Å². The van der Waals surface area contributed by atoms with E-state index in [0.29, 0.717) is 16.2 Å². The zero-order chi connectivity index (χ0) is 31.4. The van der Waals surface area contributed by atoms with Gasteiger partial charge in [-0.05, 0) is 76.6 Å². The zero-order valence-corrected chi connectivity index (χ0v) is 27.3. The molecule has 0 aliphatic carbocycles. The Morgan fingerprint density at radius 3 is 1.61 bits per heavy atom. The summed E-state index contributed by atoms with van der Waals surface area (Å²) in [6, 6.07) is 10.1. The van der Waals surface area contributed by atoms with E-state index in [1.54, 1.807) is 53.4 Å². The first-order valence-corrected chi connectivity index (χ1v) is 15.9. The van der Waals surface area contributed by atoms with E-state index >= 15 is 0 Å². The molecular weight excluding hydrogens is 645 g/mol. The number of thiazole rings is 2. The molecule has 4 aromatic heterocycles. The van der Waals surface area contributed by atoms with Gasteiger partial charge in [-0.3, -0.25) is 9.97 Å². The Kier molecular flexibility index (Phi) is 10.4. The quantitative estimate of drug-likeness (QED) is 0.173. The van der Waals surface area contributed by atoms with Crippen LogP contribution in [0, 0.1) is 25.5 Å². The van der Waals surface area contributed by atoms with Gasteiger partial charge in [0, 0.05) is 41.0 Å². The molecule has 1 aliphatic rings. The van der Waals surface area contributed by atoms with Crippen LogP contribution in [-0.2, 0) is 9.31 Å². The third-order valence-corrected chi connectivity index (χ3v) is 10.2. The van der Waals surface area contributed by atoms with E-state index < -0.39 is 24.1 Å². The molecule has 46 heavy (non-hydrogen) atoms. The number of nitrogens with zero attached hydrogens (tertiary/aromatic N) is 4. The van der Waals surface area contributed by atoms with E-state index in [1.165, 1.54) is 12.1 Å². The number of fused-ring (bicyclic) bond motifs is 2. The highest BCUT2D eigenvalue weighted by Gasteiger charge is 2.52. The van der Waals surface area contributed by atoms with E-state index in [9.17, 15) is 8.78 Å². The summed E-state index contributed by atoms with van der Waals surface area (Å²) in [6.45, 7) is 11.7. The summed E-state index contributed by atoms with van der Waals surface area (Å²) in [5, 5.41) is 5.19. The predicted octanol–water partition coefficient (Wildman–Crippen LogP) is 9.84. The minimum absolute atomic E-state index is 0. The fourth-order valence-electron chi connectivity index (χ4n) is 4.80. The lowest BCUT2D eigenvalue weighted by molar-refractivity contribution is 0.00578. The Balaban J connectivity index is 0.000000212. The maximum absolute atomic E-state index is 14.7. The van der Waals surface area contributed by atoms with E-state index in [4.69, 9.17) is 20.9 Å². The maximum atomic E-state index is 14.7. The highest BCUT2D eigenvalue weighted by Crippen LogP contribution is 2.37. The lowest BCUT2D eigenvalue weighted by atomic mass is 9.76. The molecule has 7 rings (SSSR count). The first kappa shape index (κ1) is 35.5. The first-order valence-electron chi connectivity index (χ1n) is 13.9. The zero-order valence-electron chi connectivity index (χ0n) is 24.9. The summed E-state index contributed by atoms with van der Waals surface area (Å²) < 4.78 is 40.1. The van der Waals surface area contributed by atoms with Crippen LogP contribution in [0.2, 0.25) is 5.02 Å². The van der Waals surface area contributed by atoms with Gasteiger partial charge in [-0.25, -0.2) is 18.7 Å². The molecule has 6 aromatic rings. The van der Waals surface area contributed by atoms with Crippen molar-refractivity contribution >= 4 is 68.4 Å². The number of aryl methyl sites for hydroxylation is 2. The van der Waals surface area contributed by atoms with Gasteiger partial charge in [0.1, 0.15) is 11.6 Å². The molecule has 0 atom stereocenters. The lowest BCUT2D eigenvalue weighted by Crippen LogP contribution is -2.41. The van der Waals surface area contributed by atoms with Crippen molar-refractivity contribution in [2.75, 3.05) is 0 Å². The minimum Gasteiger partial charge on any atom is -0.399 e. The van der Waals surface area contributed by atoms with Crippen molar-refractivity contribution in [3.63, 3.8) is 0 Å². The van der Waals surface area contributed by atoms with Gasteiger partial charge in [0.05, 0.1) is 47.4 Å². The van der Waals surface area contributed by atoms with Crippen molar-refractivity contribution < 1.29 is 18.1 Å². The van der Waals surface area contributed by atoms with Gasteiger partial charge in [0.25, 0.3) is 0 Å². The molecule has 0 spiro atoms. The Hall–Kier alpha value is -3.35. The number of benzene rings is 2. The molecule has 5 heterocycles. The van der Waals surface area contributed by atoms with Gasteiger partial charge in [-0.2, -0.15) is 0 Å². The second kappa shape index (κ2) is 13.4. The fourth-order valence-corrected chi connectivity index (χ4v) is 6.51. The average molecular weight is 681 g/mol. The monoisotopic (exact) mass is 680 g/mol. The normalized spacial score (nSPS) is 14.8. The van der Waals surface area contributed by atoms with Crippen LogP contribution in [0.5, 0.6) is 0 Å². The molecule has 12 heteroatoms. The van der Waals surface area contributed by atoms with Crippen LogP contribution in [0.4, 0.5) is 8.78 Å². The van der Waals surface area contributed by atoms with Crippen molar-refractivity contribution in [1.82, 2.24) is 19.9 Å². The Morgan fingerprint density at radius 1 is 0.674 bits per heavy atom. The van der Waals surface area contributed by atoms with Gasteiger partial charge in [-0.1, -0.05) is 38.6 Å². The maximum Gasteiger partial charge on any atom is 0.498 e. The molecule has 0 amide bonds. The topological polar surface area (TPSA) is 70.0 Å². The summed E-state index contributed by atoms with van der Waals surface area (Å²) in [5.41, 5.74) is 1.01. The molecule has 0 saturated carbocycles. The highest BCUT2D eigenvalue weighted by molar-refractivity contribution is 7.15. The third kappa shape index (κ3) is 6.70. The predicted molar refractivity (Wildman–Crippen MR) is 189 cm³/mol. The van der Waals surface area contributed by atoms with Crippen LogP contribution in [0.25, 0.3) is 42.7 Å². The number of halogens is 3. The molecular formula is C34H36BClF2N4O2S2. The van der Waals surface area contributed by atoms with Crippen molar-refractivity contribution in [3.05, 3.63) is 87.9 Å². The highest BCUT2D eigenvalue weighted by atomic mass is 35.5. The van der Waals surface area contributed by atoms with Crippen LogP contribution in [-0.4, -0.2) is 38.3 Å². The largest absolute Gasteiger partial charge is 0.498 e. The van der Waals surface area contributed by atoms with Crippen LogP contribution in [0.1, 0.15) is 52.6 Å². The number of hydrogen-bond donors (Lipinski definition) is 0. The van der Waals surface area contributed by atoms with Gasteiger partial charge in [0.2, 0.25) is 0 Å². The van der Waals surface area contributed by atoms with Crippen LogP contribution in [0.3, 0.4) is 0 Å². The Bertz CT molecular complexity index is 2020. The minimum atomic E-state index is -0.762. The van der Waals surface area contributed by atoms with Crippen LogP contribution < -0.4 is 5.46 Å². The number of aromatic nitrogens is 4. The summed E-state index contributed by atoms with van der Waals surface area (Å²) in [6.07, 6.45) is 6.90. The van der Waals surface area contributed by atoms with Crippen LogP contribution >= 0.6 is 34.3 Å². The SMILES string of the molecule is C.C.Cc1ncc(-c2cc3ccc(F)c(B4OC(C)(C)C(C)(C)O4)c3cn2)s1.Cc1ncc(-c2cc3ccc(F)c(Cl)c3cn2)s1. The van der Waals surface area contributed by atoms with Crippen molar-refractivity contribution in [3.8, 4) is 21.1 Å². The number of pyridine rings is 2. The van der Waals surface area contributed by atoms with Gasteiger partial charge in [-0.15, -0.1) is 22.7 Å². The third-order valence-electron chi connectivity index (χ3n) is 7.92. The second-order valence-electron chi connectivity index (χ2n) is 11.5. The standard InChI is InChI=1S/C19H20BFN2O2S.C13H8ClFN2S.2CH4/c1-11-22-10-16(26-11)15-8-12-6-7-14(21)17(13(12)9-23-15)20-24-18(2,3)19(4,5)25-20;1-7-16-6-12(18-7)11-4-8-2-3-10(15)13(14)9(8)5-17-11;;/h6-10H,1-5H3;2-6H,1H3;2*1H4. The fraction of sp³-hybridized carbons (Fsp3) is 0.294. The molecule has 2 aromatic carbocycles. The summed E-state index contributed by atoms with van der Waals surface area (Å²) in [5.74, 6) is -0.772. The molecule has 0 unspecified atom stereocenters. The number of rotatable bonds is 3. The first-order chi connectivity index (χ1) is 20.8. The van der Waals surface area contributed by atoms with Crippen molar-refractivity contribution in [1.29, 1.82) is 0 Å². The average Bonchev–Trinajstić information content (AvgIpc) is 3.67. The summed E-state index contributed by atoms with van der Waals surface area (Å²) >= 11 is 9.06. The summed E-state index contributed by atoms with van der Waals surface area (Å²) in [4.78, 5) is 19.3. The molecule has 6 nitrogen and oxygen atoms in total. The van der Waals surface area contributed by atoms with Crippen LogP contribution in [0.15, 0.2) is 61.2 Å². The number of hydrogen-bond acceptors (Lipinski definition) is 8.